The summed E-state index contributed by atoms with van der Waals surface area (Å²) in [6.45, 7) is 9.39. The minimum absolute atomic E-state index is 0.636. The van der Waals surface area contributed by atoms with Gasteiger partial charge in [-0.25, -0.2) is 0 Å². The van der Waals surface area contributed by atoms with Gasteiger partial charge >= 0.3 is 0 Å². The average Bonchev–Trinajstić information content (AvgIpc) is 2.48. The topological polar surface area (TPSA) is 12.0 Å². The summed E-state index contributed by atoms with van der Waals surface area (Å²) in [6, 6.07) is 11.0. The molecule has 1 aliphatic rings. The van der Waals surface area contributed by atoms with Crippen LogP contribution in [0.1, 0.15) is 64.4 Å². The maximum Gasteiger partial charge on any atom is 0.00226 e. The van der Waals surface area contributed by atoms with E-state index in [1.807, 2.05) is 0 Å². The summed E-state index contributed by atoms with van der Waals surface area (Å²) in [7, 11) is 0. The molecule has 118 valence electrons. The van der Waals surface area contributed by atoms with Crippen LogP contribution in [0, 0.1) is 17.8 Å². The van der Waals surface area contributed by atoms with Gasteiger partial charge in [0, 0.05) is 6.54 Å². The molecule has 2 rings (SSSR count). The molecule has 0 heterocycles. The molecule has 1 N–H and O–H groups in total. The summed E-state index contributed by atoms with van der Waals surface area (Å²) in [6.07, 6.45) is 7.17. The zero-order chi connectivity index (χ0) is 15.1. The Labute approximate surface area is 131 Å². The van der Waals surface area contributed by atoms with Crippen LogP contribution in [0.2, 0.25) is 0 Å². The van der Waals surface area contributed by atoms with Crippen LogP contribution in [0.3, 0.4) is 0 Å². The van der Waals surface area contributed by atoms with Gasteiger partial charge in [0.25, 0.3) is 0 Å². The van der Waals surface area contributed by atoms with Crippen molar-refractivity contribution in [3.8, 4) is 0 Å². The van der Waals surface area contributed by atoms with Gasteiger partial charge in [0.05, 0.1) is 0 Å². The third kappa shape index (κ3) is 5.47. The Balaban J connectivity index is 1.73. The van der Waals surface area contributed by atoms with E-state index in [9.17, 15) is 0 Å². The molecule has 3 unspecified atom stereocenters. The quantitative estimate of drug-likeness (QED) is 0.677. The lowest BCUT2D eigenvalue weighted by Gasteiger charge is -2.27. The molecule has 0 saturated heterocycles. The van der Waals surface area contributed by atoms with Crippen molar-refractivity contribution in [1.82, 2.24) is 5.32 Å². The van der Waals surface area contributed by atoms with E-state index in [0.717, 1.165) is 18.4 Å². The molecule has 1 aromatic carbocycles. The first-order valence-electron chi connectivity index (χ1n) is 8.92. The lowest BCUT2D eigenvalue weighted by atomic mass is 9.81. The monoisotopic (exact) mass is 287 g/mol. The molecule has 1 aliphatic carbocycles. The molecule has 0 radical (unpaired) electrons. The third-order valence-corrected chi connectivity index (χ3v) is 5.17. The fourth-order valence-electron chi connectivity index (χ4n) is 3.82. The van der Waals surface area contributed by atoms with E-state index in [1.165, 1.54) is 44.2 Å². The molecular weight excluding hydrogens is 254 g/mol. The van der Waals surface area contributed by atoms with Crippen molar-refractivity contribution < 1.29 is 0 Å². The predicted molar refractivity (Wildman–Crippen MR) is 92.6 cm³/mol. The van der Waals surface area contributed by atoms with E-state index in [4.69, 9.17) is 0 Å². The van der Waals surface area contributed by atoms with E-state index < -0.39 is 0 Å². The summed E-state index contributed by atoms with van der Waals surface area (Å²) in [4.78, 5) is 0. The molecule has 1 aromatic rings. The van der Waals surface area contributed by atoms with Crippen molar-refractivity contribution in [2.45, 2.75) is 58.8 Å². The van der Waals surface area contributed by atoms with Crippen LogP contribution in [0.4, 0.5) is 0 Å². The first-order chi connectivity index (χ1) is 10.2. The molecule has 1 nitrogen and oxygen atoms in total. The summed E-state index contributed by atoms with van der Waals surface area (Å²) >= 11 is 0. The Morgan fingerprint density at radius 1 is 1.14 bits per heavy atom. The number of benzene rings is 1. The summed E-state index contributed by atoms with van der Waals surface area (Å²) in [5.74, 6) is 3.25. The molecule has 0 aromatic heterocycles. The Hall–Kier alpha value is -0.820. The molecule has 1 saturated carbocycles. The maximum atomic E-state index is 3.73. The first kappa shape index (κ1) is 16.5. The van der Waals surface area contributed by atoms with Crippen molar-refractivity contribution in [3.63, 3.8) is 0 Å². The molecule has 0 bridgehead atoms. The van der Waals surface area contributed by atoms with Crippen molar-refractivity contribution in [2.75, 3.05) is 13.1 Å². The second-order valence-electron chi connectivity index (χ2n) is 7.39. The van der Waals surface area contributed by atoms with Crippen LogP contribution in [-0.2, 0) is 0 Å². The zero-order valence-electron chi connectivity index (χ0n) is 14.1. The second-order valence-corrected chi connectivity index (χ2v) is 7.39. The number of hydrogen-bond acceptors (Lipinski definition) is 1. The van der Waals surface area contributed by atoms with Gasteiger partial charge in [0.2, 0.25) is 0 Å². The molecule has 0 aliphatic heterocycles. The molecule has 1 fully saturated rings. The fraction of sp³-hybridized carbons (Fsp3) is 0.700. The Bertz CT molecular complexity index is 384. The highest BCUT2D eigenvalue weighted by atomic mass is 14.9. The highest BCUT2D eigenvalue weighted by molar-refractivity contribution is 5.20. The van der Waals surface area contributed by atoms with Crippen LogP contribution in [0.25, 0.3) is 0 Å². The molecule has 1 heteroatoms. The minimum Gasteiger partial charge on any atom is -0.316 e. The van der Waals surface area contributed by atoms with Gasteiger partial charge in [-0.1, -0.05) is 70.4 Å². The zero-order valence-corrected chi connectivity index (χ0v) is 14.1. The first-order valence-corrected chi connectivity index (χ1v) is 8.92. The maximum absolute atomic E-state index is 3.73. The summed E-state index contributed by atoms with van der Waals surface area (Å²) in [5.41, 5.74) is 1.48. The average molecular weight is 287 g/mol. The van der Waals surface area contributed by atoms with Gasteiger partial charge in [0.15, 0.2) is 0 Å². The lowest BCUT2D eigenvalue weighted by molar-refractivity contribution is 0.266. The van der Waals surface area contributed by atoms with Gasteiger partial charge < -0.3 is 5.32 Å². The lowest BCUT2D eigenvalue weighted by Crippen LogP contribution is -2.27. The van der Waals surface area contributed by atoms with Gasteiger partial charge in [0.1, 0.15) is 0 Å². The predicted octanol–water partition coefficient (Wildman–Crippen LogP) is 5.23. The van der Waals surface area contributed by atoms with Crippen molar-refractivity contribution in [3.05, 3.63) is 35.9 Å². The van der Waals surface area contributed by atoms with E-state index in [0.29, 0.717) is 11.8 Å². The summed E-state index contributed by atoms with van der Waals surface area (Å²) < 4.78 is 0. The SMILES string of the molecule is CC1CCCC(CCNCC(c2ccccc2)C(C)C)C1. The smallest absolute Gasteiger partial charge is 0.00226 e. The Kier molecular flexibility index (Phi) is 6.76. The van der Waals surface area contributed by atoms with Gasteiger partial charge in [-0.2, -0.15) is 0 Å². The Morgan fingerprint density at radius 3 is 2.57 bits per heavy atom. The van der Waals surface area contributed by atoms with E-state index in [2.05, 4.69) is 56.4 Å². The minimum atomic E-state index is 0.636. The van der Waals surface area contributed by atoms with Gasteiger partial charge in [-0.15, -0.1) is 0 Å². The Morgan fingerprint density at radius 2 is 1.90 bits per heavy atom. The molecule has 0 amide bonds. The summed E-state index contributed by atoms with van der Waals surface area (Å²) in [5, 5.41) is 3.73. The number of hydrogen-bond donors (Lipinski definition) is 1. The van der Waals surface area contributed by atoms with Crippen LogP contribution in [0.5, 0.6) is 0 Å². The highest BCUT2D eigenvalue weighted by Gasteiger charge is 2.19. The number of rotatable bonds is 7. The van der Waals surface area contributed by atoms with Crippen LogP contribution in [-0.4, -0.2) is 13.1 Å². The molecular formula is C20H33N. The van der Waals surface area contributed by atoms with Crippen molar-refractivity contribution in [2.24, 2.45) is 17.8 Å². The van der Waals surface area contributed by atoms with Crippen LogP contribution < -0.4 is 5.32 Å². The number of nitrogens with one attached hydrogen (secondary N) is 1. The van der Waals surface area contributed by atoms with E-state index in [1.54, 1.807) is 0 Å². The molecule has 21 heavy (non-hydrogen) atoms. The van der Waals surface area contributed by atoms with Crippen molar-refractivity contribution >= 4 is 0 Å². The van der Waals surface area contributed by atoms with Crippen molar-refractivity contribution in [1.29, 1.82) is 0 Å². The normalized spacial score (nSPS) is 24.2. The van der Waals surface area contributed by atoms with Crippen LogP contribution >= 0.6 is 0 Å². The largest absolute Gasteiger partial charge is 0.316 e. The second kappa shape index (κ2) is 8.58. The highest BCUT2D eigenvalue weighted by Crippen LogP contribution is 2.30. The molecule has 0 spiro atoms. The fourth-order valence-corrected chi connectivity index (χ4v) is 3.82. The van der Waals surface area contributed by atoms with Gasteiger partial charge in [-0.05, 0) is 48.6 Å². The van der Waals surface area contributed by atoms with Gasteiger partial charge in [-0.3, -0.25) is 0 Å². The third-order valence-electron chi connectivity index (χ3n) is 5.17. The molecule has 3 atom stereocenters. The van der Waals surface area contributed by atoms with Crippen LogP contribution in [0.15, 0.2) is 30.3 Å². The van der Waals surface area contributed by atoms with E-state index in [-0.39, 0.29) is 0 Å². The standard InChI is InChI=1S/C20H33N/c1-16(2)20(19-10-5-4-6-11-19)15-21-13-12-18-9-7-8-17(3)14-18/h4-6,10-11,16-18,20-21H,7-9,12-15H2,1-3H3. The van der Waals surface area contributed by atoms with E-state index >= 15 is 0 Å².